The molecule has 0 radical (unpaired) electrons. The number of aromatic nitrogens is 2. The Bertz CT molecular complexity index is 795. The summed E-state index contributed by atoms with van der Waals surface area (Å²) in [5.41, 5.74) is 8.06. The number of nitrogens with zero attached hydrogens (tertiary/aromatic N) is 2. The van der Waals surface area contributed by atoms with E-state index < -0.39 is 0 Å². The van der Waals surface area contributed by atoms with Crippen LogP contribution in [0.25, 0.3) is 10.2 Å². The average molecular weight is 299 g/mol. The fourth-order valence-electron chi connectivity index (χ4n) is 2.11. The number of fused-ring (bicyclic) bond motifs is 1. The van der Waals surface area contributed by atoms with E-state index in [4.69, 9.17) is 10.5 Å². The van der Waals surface area contributed by atoms with Crippen molar-refractivity contribution < 1.29 is 4.74 Å². The maximum Gasteiger partial charge on any atom is 0.232 e. The molecule has 21 heavy (non-hydrogen) atoms. The van der Waals surface area contributed by atoms with Crippen LogP contribution in [0.3, 0.4) is 0 Å². The van der Waals surface area contributed by atoms with E-state index in [2.05, 4.69) is 42.0 Å². The van der Waals surface area contributed by atoms with Gasteiger partial charge in [-0.25, -0.2) is 4.98 Å². The van der Waals surface area contributed by atoms with Gasteiger partial charge in [-0.3, -0.25) is 0 Å². The first kappa shape index (κ1) is 13.8. The first-order valence-electron chi connectivity index (χ1n) is 6.83. The van der Waals surface area contributed by atoms with Crippen molar-refractivity contribution in [1.82, 2.24) is 9.97 Å². The Morgan fingerprint density at radius 1 is 1.19 bits per heavy atom. The number of rotatable bonds is 3. The molecule has 0 bridgehead atoms. The van der Waals surface area contributed by atoms with Gasteiger partial charge in [0.25, 0.3) is 0 Å². The van der Waals surface area contributed by atoms with Crippen LogP contribution in [0.1, 0.15) is 30.9 Å². The molecule has 0 fully saturated rings. The molecular weight excluding hydrogens is 282 g/mol. The molecule has 3 rings (SSSR count). The standard InChI is InChI=1S/C16H17N3OS/c1-9(2)11-5-4-10(3)13(8-11)20-14-12-6-7-21-15(12)19-16(17)18-14/h4-9H,1-3H3,(H2,17,18,19). The minimum absolute atomic E-state index is 0.234. The molecule has 0 unspecified atom stereocenters. The Labute approximate surface area is 127 Å². The predicted molar refractivity (Wildman–Crippen MR) is 87.2 cm³/mol. The molecule has 5 heteroatoms. The highest BCUT2D eigenvalue weighted by Crippen LogP contribution is 2.33. The molecule has 0 saturated heterocycles. The fourth-order valence-corrected chi connectivity index (χ4v) is 2.87. The maximum absolute atomic E-state index is 6.03. The van der Waals surface area contributed by atoms with Gasteiger partial charge in [0.2, 0.25) is 11.8 Å². The zero-order chi connectivity index (χ0) is 15.0. The second kappa shape index (κ2) is 5.33. The van der Waals surface area contributed by atoms with Crippen molar-refractivity contribution in [1.29, 1.82) is 0 Å². The van der Waals surface area contributed by atoms with E-state index in [9.17, 15) is 0 Å². The molecule has 1 aromatic carbocycles. The average Bonchev–Trinajstić information content (AvgIpc) is 2.89. The van der Waals surface area contributed by atoms with Gasteiger partial charge in [-0.1, -0.05) is 26.0 Å². The molecule has 2 aromatic heterocycles. The lowest BCUT2D eigenvalue weighted by atomic mass is 10.0. The van der Waals surface area contributed by atoms with Gasteiger partial charge in [-0.15, -0.1) is 11.3 Å². The normalized spacial score (nSPS) is 11.2. The third-order valence-electron chi connectivity index (χ3n) is 3.39. The van der Waals surface area contributed by atoms with E-state index in [1.807, 2.05) is 18.4 Å². The minimum atomic E-state index is 0.234. The van der Waals surface area contributed by atoms with Crippen LogP contribution in [-0.2, 0) is 0 Å². The Kier molecular flexibility index (Phi) is 3.51. The van der Waals surface area contributed by atoms with Crippen molar-refractivity contribution in [3.63, 3.8) is 0 Å². The molecular formula is C16H17N3OS. The first-order valence-corrected chi connectivity index (χ1v) is 7.71. The molecule has 0 aliphatic carbocycles. The van der Waals surface area contributed by atoms with Crippen molar-refractivity contribution in [2.24, 2.45) is 0 Å². The van der Waals surface area contributed by atoms with Gasteiger partial charge in [-0.2, -0.15) is 4.98 Å². The van der Waals surface area contributed by atoms with Gasteiger partial charge in [0.05, 0.1) is 5.39 Å². The zero-order valence-corrected chi connectivity index (χ0v) is 13.1. The molecule has 0 aliphatic heterocycles. The van der Waals surface area contributed by atoms with Gasteiger partial charge in [0, 0.05) is 0 Å². The van der Waals surface area contributed by atoms with Gasteiger partial charge < -0.3 is 10.5 Å². The second-order valence-corrected chi connectivity index (χ2v) is 6.20. The summed E-state index contributed by atoms with van der Waals surface area (Å²) in [5, 5.41) is 2.85. The highest BCUT2D eigenvalue weighted by atomic mass is 32.1. The molecule has 0 aliphatic rings. The third kappa shape index (κ3) is 2.69. The minimum Gasteiger partial charge on any atom is -0.438 e. The Morgan fingerprint density at radius 3 is 2.76 bits per heavy atom. The lowest BCUT2D eigenvalue weighted by molar-refractivity contribution is 0.465. The van der Waals surface area contributed by atoms with Crippen LogP contribution in [0.15, 0.2) is 29.6 Å². The lowest BCUT2D eigenvalue weighted by Crippen LogP contribution is -1.98. The Balaban J connectivity index is 2.06. The number of ether oxygens (including phenoxy) is 1. The molecule has 2 N–H and O–H groups in total. The maximum atomic E-state index is 6.03. The van der Waals surface area contributed by atoms with Crippen LogP contribution in [0, 0.1) is 6.92 Å². The summed E-state index contributed by atoms with van der Waals surface area (Å²) < 4.78 is 6.03. The second-order valence-electron chi connectivity index (χ2n) is 5.31. The molecule has 0 atom stereocenters. The summed E-state index contributed by atoms with van der Waals surface area (Å²) >= 11 is 1.53. The Morgan fingerprint density at radius 2 is 2.00 bits per heavy atom. The topological polar surface area (TPSA) is 61.0 Å². The number of hydrogen-bond acceptors (Lipinski definition) is 5. The summed E-state index contributed by atoms with van der Waals surface area (Å²) in [5.74, 6) is 2.01. The molecule has 0 spiro atoms. The molecule has 108 valence electrons. The molecule has 3 aromatic rings. The quantitative estimate of drug-likeness (QED) is 0.773. The number of benzene rings is 1. The molecule has 4 nitrogen and oxygen atoms in total. The number of anilines is 1. The molecule has 0 saturated carbocycles. The number of nitrogen functional groups attached to an aromatic ring is 1. The largest absolute Gasteiger partial charge is 0.438 e. The molecule has 2 heterocycles. The number of aryl methyl sites for hydroxylation is 1. The monoisotopic (exact) mass is 299 g/mol. The van der Waals surface area contributed by atoms with E-state index in [1.165, 1.54) is 16.9 Å². The number of thiophene rings is 1. The SMILES string of the molecule is Cc1ccc(C(C)C)cc1Oc1nc(N)nc2sccc12. The Hall–Kier alpha value is -2.14. The van der Waals surface area contributed by atoms with E-state index in [-0.39, 0.29) is 5.95 Å². The van der Waals surface area contributed by atoms with E-state index in [1.54, 1.807) is 0 Å². The lowest BCUT2D eigenvalue weighted by Gasteiger charge is -2.12. The van der Waals surface area contributed by atoms with E-state index >= 15 is 0 Å². The van der Waals surface area contributed by atoms with Crippen molar-refractivity contribution in [2.75, 3.05) is 5.73 Å². The van der Waals surface area contributed by atoms with Crippen LogP contribution in [-0.4, -0.2) is 9.97 Å². The van der Waals surface area contributed by atoms with Crippen LogP contribution < -0.4 is 10.5 Å². The summed E-state index contributed by atoms with van der Waals surface area (Å²) in [7, 11) is 0. The highest BCUT2D eigenvalue weighted by Gasteiger charge is 2.12. The van der Waals surface area contributed by atoms with Crippen molar-refractivity contribution in [3.05, 3.63) is 40.8 Å². The summed E-state index contributed by atoms with van der Waals surface area (Å²) in [6.07, 6.45) is 0. The zero-order valence-electron chi connectivity index (χ0n) is 12.3. The summed E-state index contributed by atoms with van der Waals surface area (Å²) in [6, 6.07) is 8.22. The van der Waals surface area contributed by atoms with Gasteiger partial charge >= 0.3 is 0 Å². The van der Waals surface area contributed by atoms with Crippen molar-refractivity contribution >= 4 is 27.5 Å². The van der Waals surface area contributed by atoms with Crippen molar-refractivity contribution in [3.8, 4) is 11.6 Å². The number of nitrogens with two attached hydrogens (primary N) is 1. The van der Waals surface area contributed by atoms with Crippen LogP contribution in [0.2, 0.25) is 0 Å². The van der Waals surface area contributed by atoms with Crippen LogP contribution in [0.4, 0.5) is 5.95 Å². The van der Waals surface area contributed by atoms with E-state index in [0.29, 0.717) is 11.8 Å². The predicted octanol–water partition coefficient (Wildman–Crippen LogP) is 4.50. The van der Waals surface area contributed by atoms with Crippen molar-refractivity contribution in [2.45, 2.75) is 26.7 Å². The highest BCUT2D eigenvalue weighted by molar-refractivity contribution is 7.16. The smallest absolute Gasteiger partial charge is 0.232 e. The van der Waals surface area contributed by atoms with Gasteiger partial charge in [-0.05, 0) is 41.5 Å². The summed E-state index contributed by atoms with van der Waals surface area (Å²) in [6.45, 7) is 6.34. The number of hydrogen-bond donors (Lipinski definition) is 1. The van der Waals surface area contributed by atoms with Gasteiger partial charge in [0.1, 0.15) is 10.6 Å². The third-order valence-corrected chi connectivity index (χ3v) is 4.20. The van der Waals surface area contributed by atoms with E-state index in [0.717, 1.165) is 21.5 Å². The first-order chi connectivity index (χ1) is 10.0. The van der Waals surface area contributed by atoms with Crippen LogP contribution >= 0.6 is 11.3 Å². The summed E-state index contributed by atoms with van der Waals surface area (Å²) in [4.78, 5) is 9.29. The van der Waals surface area contributed by atoms with Crippen LogP contribution in [0.5, 0.6) is 11.6 Å². The molecule has 0 amide bonds. The van der Waals surface area contributed by atoms with Gasteiger partial charge in [0.15, 0.2) is 0 Å². The fraction of sp³-hybridized carbons (Fsp3) is 0.250.